The van der Waals surface area contributed by atoms with Crippen LogP contribution < -0.4 is 5.32 Å². The third-order valence-corrected chi connectivity index (χ3v) is 10.0. The highest BCUT2D eigenvalue weighted by Crippen LogP contribution is 2.40. The average molecular weight is 657 g/mol. The molecule has 1 saturated heterocycles. The molecule has 1 N–H and O–H groups in total. The van der Waals surface area contributed by atoms with Crippen LogP contribution in [0.15, 0.2) is 54.4 Å². The Labute approximate surface area is 266 Å². The number of halogens is 4. The van der Waals surface area contributed by atoms with Crippen LogP contribution in [0.3, 0.4) is 0 Å². The maximum atomic E-state index is 15.0. The Morgan fingerprint density at radius 3 is 2.73 bits per heavy atom. The van der Waals surface area contributed by atoms with Crippen molar-refractivity contribution in [3.05, 3.63) is 81.4 Å². The van der Waals surface area contributed by atoms with Crippen molar-refractivity contribution in [1.29, 1.82) is 0 Å². The molecule has 2 aromatic carbocycles. The summed E-state index contributed by atoms with van der Waals surface area (Å²) in [4.78, 5) is 24.5. The van der Waals surface area contributed by atoms with Crippen molar-refractivity contribution in [3.8, 4) is 11.1 Å². The van der Waals surface area contributed by atoms with E-state index in [0.29, 0.717) is 49.6 Å². The minimum absolute atomic E-state index is 0.145. The van der Waals surface area contributed by atoms with Gasteiger partial charge in [-0.25, -0.2) is 18.7 Å². The van der Waals surface area contributed by atoms with Gasteiger partial charge in [0.25, 0.3) is 5.91 Å². The van der Waals surface area contributed by atoms with E-state index in [-0.39, 0.29) is 18.9 Å². The van der Waals surface area contributed by atoms with Gasteiger partial charge in [-0.15, -0.1) is 11.3 Å². The van der Waals surface area contributed by atoms with Crippen molar-refractivity contribution in [1.82, 2.24) is 29.2 Å². The molecule has 5 heterocycles. The lowest BCUT2D eigenvalue weighted by Crippen LogP contribution is -2.40. The first kappa shape index (κ1) is 29.3. The molecule has 3 aromatic heterocycles. The van der Waals surface area contributed by atoms with Crippen molar-refractivity contribution in [2.24, 2.45) is 0 Å². The largest absolute Gasteiger partial charge is 0.331 e. The van der Waals surface area contributed by atoms with Gasteiger partial charge in [0, 0.05) is 53.3 Å². The first-order valence-electron chi connectivity index (χ1n) is 14.5. The predicted molar refractivity (Wildman–Crippen MR) is 169 cm³/mol. The number of nitrogens with zero attached hydrogens (tertiary/aromatic N) is 6. The van der Waals surface area contributed by atoms with E-state index >= 15 is 0 Å². The highest BCUT2D eigenvalue weighted by molar-refractivity contribution is 7.13. The molecule has 0 saturated carbocycles. The molecular formula is C31H29Cl2F2N7OS. The first-order valence-corrected chi connectivity index (χ1v) is 16.2. The standard InChI is InChI=1S/C31H29Cl2F2N7OS/c1-2-40-9-7-20(24(35)15-40)17-3-5-18(6-4-17)21-12-23(32)22-14-42(39-27(22)26(21)33)29(30(43)38-31-36-8-10-44-31)28-25-11-19(34)13-41(25)16-37-28/h3-6,8,10,12,14,16,19-20,24,29H,2,7,9,11,13,15H2,1H3,(H,36,38,43)/t19?,20-,24+,29?/m0/s1. The van der Waals surface area contributed by atoms with Crippen LogP contribution in [-0.4, -0.2) is 67.1 Å². The molecular weight excluding hydrogens is 627 g/mol. The van der Waals surface area contributed by atoms with Crippen LogP contribution in [0, 0.1) is 0 Å². The van der Waals surface area contributed by atoms with Gasteiger partial charge in [0.2, 0.25) is 0 Å². The number of rotatable bonds is 7. The molecule has 2 aliphatic heterocycles. The summed E-state index contributed by atoms with van der Waals surface area (Å²) in [7, 11) is 0. The second-order valence-corrected chi connectivity index (χ2v) is 13.0. The van der Waals surface area contributed by atoms with Gasteiger partial charge >= 0.3 is 0 Å². The number of benzene rings is 2. The fraction of sp³-hybridized carbons (Fsp3) is 0.355. The topological polar surface area (TPSA) is 80.9 Å². The molecule has 0 radical (unpaired) electrons. The van der Waals surface area contributed by atoms with Gasteiger partial charge in [-0.1, -0.05) is 54.4 Å². The maximum absolute atomic E-state index is 15.0. The number of likely N-dealkylation sites (tertiary alicyclic amines) is 1. The number of piperidine rings is 1. The number of nitrogens with one attached hydrogen (secondary N) is 1. The molecule has 8 nitrogen and oxygen atoms in total. The van der Waals surface area contributed by atoms with Crippen molar-refractivity contribution >= 4 is 56.5 Å². The monoisotopic (exact) mass is 655 g/mol. The number of carbonyl (C=O) groups is 1. The summed E-state index contributed by atoms with van der Waals surface area (Å²) in [5.74, 6) is -0.566. The van der Waals surface area contributed by atoms with Crippen molar-refractivity contribution in [3.63, 3.8) is 0 Å². The van der Waals surface area contributed by atoms with Crippen LogP contribution in [0.5, 0.6) is 0 Å². The Balaban J connectivity index is 1.24. The number of imidazole rings is 1. The zero-order chi connectivity index (χ0) is 30.5. The number of alkyl halides is 2. The van der Waals surface area contributed by atoms with Gasteiger partial charge in [0.15, 0.2) is 11.2 Å². The fourth-order valence-corrected chi connectivity index (χ4v) is 7.44. The lowest BCUT2D eigenvalue weighted by molar-refractivity contribution is -0.118. The van der Waals surface area contributed by atoms with Gasteiger partial charge in [0.1, 0.15) is 17.9 Å². The van der Waals surface area contributed by atoms with E-state index in [0.717, 1.165) is 30.6 Å². The second-order valence-electron chi connectivity index (χ2n) is 11.3. The van der Waals surface area contributed by atoms with Crippen molar-refractivity contribution in [2.45, 2.75) is 50.6 Å². The molecule has 4 atom stereocenters. The Bertz CT molecular complexity index is 1820. The first-order chi connectivity index (χ1) is 21.3. The highest BCUT2D eigenvalue weighted by atomic mass is 35.5. The van der Waals surface area contributed by atoms with Crippen molar-refractivity contribution in [2.75, 3.05) is 25.0 Å². The van der Waals surface area contributed by atoms with E-state index in [2.05, 4.69) is 27.1 Å². The molecule has 0 bridgehead atoms. The van der Waals surface area contributed by atoms with Crippen molar-refractivity contribution < 1.29 is 13.6 Å². The van der Waals surface area contributed by atoms with E-state index in [1.807, 2.05) is 24.3 Å². The van der Waals surface area contributed by atoms with Gasteiger partial charge < -0.3 is 9.47 Å². The lowest BCUT2D eigenvalue weighted by Gasteiger charge is -2.34. The highest BCUT2D eigenvalue weighted by Gasteiger charge is 2.35. The normalized spacial score (nSPS) is 21.1. The van der Waals surface area contributed by atoms with E-state index in [1.54, 1.807) is 34.7 Å². The Hall–Kier alpha value is -3.38. The second kappa shape index (κ2) is 11.8. The molecule has 2 aliphatic rings. The number of hydrogen-bond acceptors (Lipinski definition) is 6. The van der Waals surface area contributed by atoms with Gasteiger partial charge in [-0.05, 0) is 36.7 Å². The molecule has 2 unspecified atom stereocenters. The minimum Gasteiger partial charge on any atom is -0.331 e. The van der Waals surface area contributed by atoms with E-state index in [4.69, 9.17) is 28.3 Å². The van der Waals surface area contributed by atoms with E-state index < -0.39 is 24.3 Å². The molecule has 5 aromatic rings. The Kier molecular flexibility index (Phi) is 7.90. The van der Waals surface area contributed by atoms with Crippen LogP contribution in [0.1, 0.15) is 42.3 Å². The average Bonchev–Trinajstić information content (AvgIpc) is 3.82. The molecule has 7 rings (SSSR count). The zero-order valence-corrected chi connectivity index (χ0v) is 26.1. The fourth-order valence-electron chi connectivity index (χ4n) is 6.35. The van der Waals surface area contributed by atoms with Crippen LogP contribution in [0.25, 0.3) is 22.0 Å². The summed E-state index contributed by atoms with van der Waals surface area (Å²) in [6.45, 7) is 4.42. The van der Waals surface area contributed by atoms with Crippen LogP contribution in [0.4, 0.5) is 13.9 Å². The quantitative estimate of drug-likeness (QED) is 0.206. The molecule has 1 fully saturated rings. The summed E-state index contributed by atoms with van der Waals surface area (Å²) < 4.78 is 32.5. The smallest absolute Gasteiger partial charge is 0.257 e. The number of amides is 1. The van der Waals surface area contributed by atoms with Gasteiger partial charge in [-0.2, -0.15) is 5.10 Å². The number of carbonyl (C=O) groups excluding carboxylic acids is 1. The maximum Gasteiger partial charge on any atom is 0.257 e. The van der Waals surface area contributed by atoms with E-state index in [9.17, 15) is 13.6 Å². The minimum atomic E-state index is -1.05. The summed E-state index contributed by atoms with van der Waals surface area (Å²) in [6.07, 6.45) is 3.77. The third kappa shape index (κ3) is 5.29. The van der Waals surface area contributed by atoms with Crippen LogP contribution in [0.2, 0.25) is 10.0 Å². The Morgan fingerprint density at radius 2 is 2.00 bits per heavy atom. The molecule has 228 valence electrons. The van der Waals surface area contributed by atoms with Crippen LogP contribution in [-0.2, 0) is 17.8 Å². The summed E-state index contributed by atoms with van der Waals surface area (Å²) in [6, 6.07) is 8.53. The lowest BCUT2D eigenvalue weighted by atomic mass is 9.87. The van der Waals surface area contributed by atoms with Gasteiger partial charge in [-0.3, -0.25) is 14.8 Å². The zero-order valence-electron chi connectivity index (χ0n) is 23.8. The molecule has 44 heavy (non-hydrogen) atoms. The van der Waals surface area contributed by atoms with Gasteiger partial charge in [0.05, 0.1) is 28.6 Å². The SMILES string of the molecule is CCN1CC[C@@H](c2ccc(-c3cc(Cl)c4cn(C(C(=O)Nc5nccs5)c5ncn6c5CC(F)C6)nc4c3Cl)cc2)[C@H](F)C1. The summed E-state index contributed by atoms with van der Waals surface area (Å²) >= 11 is 15.0. The molecule has 13 heteroatoms. The number of hydrogen-bond donors (Lipinski definition) is 1. The number of fused-ring (bicyclic) bond motifs is 2. The predicted octanol–water partition coefficient (Wildman–Crippen LogP) is 6.93. The van der Waals surface area contributed by atoms with E-state index in [1.165, 1.54) is 16.0 Å². The number of aromatic nitrogens is 5. The number of anilines is 1. The summed E-state index contributed by atoms with van der Waals surface area (Å²) in [5, 5.41) is 11.1. The number of thiazole rings is 1. The molecule has 0 spiro atoms. The Morgan fingerprint density at radius 1 is 1.18 bits per heavy atom. The molecule has 1 amide bonds. The van der Waals surface area contributed by atoms with Crippen LogP contribution >= 0.6 is 34.5 Å². The molecule has 0 aliphatic carbocycles. The summed E-state index contributed by atoms with van der Waals surface area (Å²) in [5.41, 5.74) is 3.92. The third-order valence-electron chi connectivity index (χ3n) is 8.65.